The van der Waals surface area contributed by atoms with E-state index < -0.39 is 0 Å². The molecule has 2 fully saturated rings. The van der Waals surface area contributed by atoms with Crippen LogP contribution in [0.2, 0.25) is 0 Å². The minimum Gasteiger partial charge on any atom is -0.369 e. The van der Waals surface area contributed by atoms with E-state index in [0.717, 1.165) is 6.54 Å². The van der Waals surface area contributed by atoms with Crippen molar-refractivity contribution in [1.29, 1.82) is 0 Å². The molecule has 1 aliphatic carbocycles. The van der Waals surface area contributed by atoms with Gasteiger partial charge < -0.3 is 10.1 Å². The third-order valence-corrected chi connectivity index (χ3v) is 4.87. The molecule has 2 aliphatic rings. The Morgan fingerprint density at radius 3 is 2.47 bits per heavy atom. The van der Waals surface area contributed by atoms with E-state index in [9.17, 15) is 0 Å². The van der Waals surface area contributed by atoms with E-state index in [1.807, 2.05) is 0 Å². The molecule has 0 aromatic carbocycles. The van der Waals surface area contributed by atoms with Crippen LogP contribution in [-0.2, 0) is 4.74 Å². The molecule has 4 unspecified atom stereocenters. The van der Waals surface area contributed by atoms with E-state index in [-0.39, 0.29) is 5.60 Å². The lowest BCUT2D eigenvalue weighted by Crippen LogP contribution is -2.63. The molecule has 0 aromatic heterocycles. The zero-order valence-electron chi connectivity index (χ0n) is 12.2. The zero-order chi connectivity index (χ0) is 12.7. The molecule has 0 radical (unpaired) electrons. The molecule has 100 valence electrons. The van der Waals surface area contributed by atoms with Gasteiger partial charge in [0.25, 0.3) is 0 Å². The molecular formula is C15H29NO. The minimum atomic E-state index is 0.0996. The van der Waals surface area contributed by atoms with E-state index >= 15 is 0 Å². The number of rotatable bonds is 0. The van der Waals surface area contributed by atoms with Crippen molar-refractivity contribution in [2.24, 2.45) is 11.3 Å². The largest absolute Gasteiger partial charge is 0.369 e. The maximum Gasteiger partial charge on any atom is 0.0843 e. The normalized spacial score (nSPS) is 43.9. The monoisotopic (exact) mass is 239 g/mol. The van der Waals surface area contributed by atoms with Crippen molar-refractivity contribution < 1.29 is 4.74 Å². The summed E-state index contributed by atoms with van der Waals surface area (Å²) >= 11 is 0. The second-order valence-corrected chi connectivity index (χ2v) is 7.22. The summed E-state index contributed by atoms with van der Waals surface area (Å²) in [6, 6.07) is 0.489. The van der Waals surface area contributed by atoms with Gasteiger partial charge in [0.1, 0.15) is 0 Å². The molecule has 0 amide bonds. The van der Waals surface area contributed by atoms with Crippen molar-refractivity contribution in [1.82, 2.24) is 5.32 Å². The average Bonchev–Trinajstić information content (AvgIpc) is 2.23. The van der Waals surface area contributed by atoms with E-state index in [1.54, 1.807) is 0 Å². The summed E-state index contributed by atoms with van der Waals surface area (Å²) < 4.78 is 6.50. The molecule has 1 spiro atoms. The van der Waals surface area contributed by atoms with Crippen LogP contribution in [0.15, 0.2) is 0 Å². The Hall–Kier alpha value is -0.0800. The van der Waals surface area contributed by atoms with Crippen LogP contribution in [0.1, 0.15) is 60.3 Å². The molecule has 1 heterocycles. The Kier molecular flexibility index (Phi) is 3.57. The van der Waals surface area contributed by atoms with Crippen LogP contribution in [0, 0.1) is 11.3 Å². The molecule has 0 aromatic rings. The van der Waals surface area contributed by atoms with Crippen LogP contribution in [0.5, 0.6) is 0 Å². The zero-order valence-corrected chi connectivity index (χ0v) is 12.2. The molecular weight excluding hydrogens is 210 g/mol. The minimum absolute atomic E-state index is 0.0996. The summed E-state index contributed by atoms with van der Waals surface area (Å²) in [5, 5.41) is 3.67. The van der Waals surface area contributed by atoms with Gasteiger partial charge in [0.2, 0.25) is 0 Å². The van der Waals surface area contributed by atoms with Crippen LogP contribution in [0.4, 0.5) is 0 Å². The van der Waals surface area contributed by atoms with Crippen molar-refractivity contribution in [3.05, 3.63) is 0 Å². The molecule has 1 saturated carbocycles. The quantitative estimate of drug-likeness (QED) is 0.700. The number of hydrogen-bond acceptors (Lipinski definition) is 2. The lowest BCUT2D eigenvalue weighted by Gasteiger charge is -2.54. The molecule has 2 heteroatoms. The Balaban J connectivity index is 2.20. The Bertz CT molecular complexity index is 271. The second-order valence-electron chi connectivity index (χ2n) is 7.22. The Morgan fingerprint density at radius 1 is 1.18 bits per heavy atom. The standard InChI is InChI=1S/C15H29NO/c1-11-12(2)17-15(10-16-11)9-7-6-8-13(15)14(3,4)5/h11-13,16H,6-10H2,1-5H3. The molecule has 2 nitrogen and oxygen atoms in total. The third kappa shape index (κ3) is 2.53. The number of ether oxygens (including phenoxy) is 1. The third-order valence-electron chi connectivity index (χ3n) is 4.87. The highest BCUT2D eigenvalue weighted by Crippen LogP contribution is 2.47. The summed E-state index contributed by atoms with van der Waals surface area (Å²) in [5.41, 5.74) is 0.449. The van der Waals surface area contributed by atoms with Crippen molar-refractivity contribution >= 4 is 0 Å². The lowest BCUT2D eigenvalue weighted by atomic mass is 9.63. The van der Waals surface area contributed by atoms with Crippen LogP contribution in [0.25, 0.3) is 0 Å². The van der Waals surface area contributed by atoms with Gasteiger partial charge in [0, 0.05) is 12.6 Å². The Morgan fingerprint density at radius 2 is 1.88 bits per heavy atom. The summed E-state index contributed by atoms with van der Waals surface area (Å²) in [6.45, 7) is 12.6. The first kappa shape index (κ1) is 13.4. The van der Waals surface area contributed by atoms with E-state index in [4.69, 9.17) is 4.74 Å². The molecule has 4 atom stereocenters. The molecule has 0 bridgehead atoms. The van der Waals surface area contributed by atoms with Crippen LogP contribution in [0.3, 0.4) is 0 Å². The summed E-state index contributed by atoms with van der Waals surface area (Å²) in [4.78, 5) is 0. The predicted molar refractivity (Wildman–Crippen MR) is 72.2 cm³/mol. The molecule has 2 rings (SSSR count). The highest BCUT2D eigenvalue weighted by molar-refractivity contribution is 5.02. The maximum absolute atomic E-state index is 6.50. The second kappa shape index (κ2) is 4.55. The lowest BCUT2D eigenvalue weighted by molar-refractivity contribution is -0.190. The van der Waals surface area contributed by atoms with Gasteiger partial charge >= 0.3 is 0 Å². The van der Waals surface area contributed by atoms with Gasteiger partial charge in [-0.1, -0.05) is 33.6 Å². The van der Waals surface area contributed by atoms with Crippen molar-refractivity contribution in [3.63, 3.8) is 0 Å². The summed E-state index contributed by atoms with van der Waals surface area (Å²) in [7, 11) is 0. The van der Waals surface area contributed by atoms with Gasteiger partial charge in [0.05, 0.1) is 11.7 Å². The number of hydrogen-bond donors (Lipinski definition) is 1. The molecule has 1 N–H and O–H groups in total. The first-order valence-corrected chi connectivity index (χ1v) is 7.26. The van der Waals surface area contributed by atoms with Gasteiger partial charge in [0.15, 0.2) is 0 Å². The fourth-order valence-electron chi connectivity index (χ4n) is 3.80. The SMILES string of the molecule is CC1NCC2(CCCCC2C(C)(C)C)OC1C. The highest BCUT2D eigenvalue weighted by atomic mass is 16.5. The highest BCUT2D eigenvalue weighted by Gasteiger charge is 2.49. The van der Waals surface area contributed by atoms with Crippen molar-refractivity contribution in [2.45, 2.75) is 78.0 Å². The first-order chi connectivity index (χ1) is 7.85. The maximum atomic E-state index is 6.50. The van der Waals surface area contributed by atoms with E-state index in [2.05, 4.69) is 39.9 Å². The predicted octanol–water partition coefficient (Wildman–Crippen LogP) is 3.36. The van der Waals surface area contributed by atoms with Gasteiger partial charge in [-0.25, -0.2) is 0 Å². The van der Waals surface area contributed by atoms with Gasteiger partial charge in [-0.05, 0) is 38.0 Å². The molecule has 17 heavy (non-hydrogen) atoms. The van der Waals surface area contributed by atoms with Gasteiger partial charge in [-0.2, -0.15) is 0 Å². The van der Waals surface area contributed by atoms with E-state index in [0.29, 0.717) is 23.5 Å². The summed E-state index contributed by atoms with van der Waals surface area (Å²) in [5.74, 6) is 0.686. The fraction of sp³-hybridized carbons (Fsp3) is 1.00. The van der Waals surface area contributed by atoms with Crippen LogP contribution < -0.4 is 5.32 Å². The molecule has 1 aliphatic heterocycles. The van der Waals surface area contributed by atoms with Crippen LogP contribution in [-0.4, -0.2) is 24.3 Å². The Labute approximate surface area is 107 Å². The average molecular weight is 239 g/mol. The summed E-state index contributed by atoms with van der Waals surface area (Å²) in [6.07, 6.45) is 5.60. The van der Waals surface area contributed by atoms with Gasteiger partial charge in [-0.3, -0.25) is 0 Å². The number of morpholine rings is 1. The number of nitrogens with one attached hydrogen (secondary N) is 1. The first-order valence-electron chi connectivity index (χ1n) is 7.26. The van der Waals surface area contributed by atoms with E-state index in [1.165, 1.54) is 25.7 Å². The fourth-order valence-corrected chi connectivity index (χ4v) is 3.80. The topological polar surface area (TPSA) is 21.3 Å². The van der Waals surface area contributed by atoms with Crippen LogP contribution >= 0.6 is 0 Å². The molecule has 1 saturated heterocycles. The van der Waals surface area contributed by atoms with Gasteiger partial charge in [-0.15, -0.1) is 0 Å². The van der Waals surface area contributed by atoms with Crippen molar-refractivity contribution in [2.75, 3.05) is 6.54 Å². The van der Waals surface area contributed by atoms with Crippen molar-refractivity contribution in [3.8, 4) is 0 Å². The smallest absolute Gasteiger partial charge is 0.0843 e.